The number of fused-ring (bicyclic) bond motifs is 1. The number of methoxy groups -OCH3 is 1. The fourth-order valence-electron chi connectivity index (χ4n) is 4.92. The molecule has 0 amide bonds. The first-order valence-electron chi connectivity index (χ1n) is 12.7. The zero-order chi connectivity index (χ0) is 27.9. The third kappa shape index (κ3) is 5.39. The van der Waals surface area contributed by atoms with Gasteiger partial charge in [0.15, 0.2) is 5.82 Å². The molecule has 206 valence electrons. The number of hydrogen-bond acceptors (Lipinski definition) is 10. The van der Waals surface area contributed by atoms with Gasteiger partial charge in [0, 0.05) is 66.1 Å². The Labute approximate surface area is 227 Å². The molecule has 1 aliphatic rings. The molecule has 0 aliphatic carbocycles. The molecule has 5 rings (SSSR count). The highest BCUT2D eigenvalue weighted by molar-refractivity contribution is 7.90. The van der Waals surface area contributed by atoms with Gasteiger partial charge in [0.25, 0.3) is 0 Å². The van der Waals surface area contributed by atoms with Crippen molar-refractivity contribution in [3.05, 3.63) is 48.5 Å². The van der Waals surface area contributed by atoms with Crippen LogP contribution in [0.3, 0.4) is 0 Å². The smallest absolute Gasteiger partial charge is 0.217 e. The number of sulfone groups is 1. The molecule has 0 bridgehead atoms. The Morgan fingerprint density at radius 3 is 2.69 bits per heavy atom. The predicted molar refractivity (Wildman–Crippen MR) is 148 cm³/mol. The van der Waals surface area contributed by atoms with Crippen molar-refractivity contribution in [3.8, 4) is 28.7 Å². The maximum absolute atomic E-state index is 11.9. The summed E-state index contributed by atoms with van der Waals surface area (Å²) in [4.78, 5) is 15.8. The predicted octanol–water partition coefficient (Wildman–Crippen LogP) is 2.82. The molecule has 4 aromatic rings. The summed E-state index contributed by atoms with van der Waals surface area (Å²) in [5, 5.41) is 15.1. The number of aromatic nitrogens is 5. The number of nitrogens with zero attached hydrogens (tertiary/aromatic N) is 6. The second-order valence-electron chi connectivity index (χ2n) is 10.0. The minimum absolute atomic E-state index is 0.0172. The Hall–Kier alpha value is -3.77. The summed E-state index contributed by atoms with van der Waals surface area (Å²) in [6, 6.07) is 7.46. The van der Waals surface area contributed by atoms with Gasteiger partial charge in [-0.15, -0.1) is 0 Å². The van der Waals surface area contributed by atoms with Gasteiger partial charge in [-0.25, -0.2) is 13.1 Å². The molecule has 0 spiro atoms. The van der Waals surface area contributed by atoms with Gasteiger partial charge in [-0.05, 0) is 32.9 Å². The molecule has 1 saturated heterocycles. The summed E-state index contributed by atoms with van der Waals surface area (Å²) >= 11 is 0. The average Bonchev–Trinajstić information content (AvgIpc) is 3.34. The van der Waals surface area contributed by atoms with Gasteiger partial charge in [-0.3, -0.25) is 9.97 Å². The van der Waals surface area contributed by atoms with Gasteiger partial charge < -0.3 is 19.5 Å². The van der Waals surface area contributed by atoms with Crippen molar-refractivity contribution in [2.24, 2.45) is 5.92 Å². The fourth-order valence-corrected chi connectivity index (χ4v) is 6.08. The first-order chi connectivity index (χ1) is 18.6. The number of anilines is 1. The van der Waals surface area contributed by atoms with E-state index >= 15 is 0 Å². The molecule has 39 heavy (non-hydrogen) atoms. The van der Waals surface area contributed by atoms with E-state index in [-0.39, 0.29) is 24.3 Å². The van der Waals surface area contributed by atoms with Crippen molar-refractivity contribution >= 4 is 26.4 Å². The molecule has 12 heteroatoms. The minimum Gasteiger partial charge on any atom is -0.496 e. The summed E-state index contributed by atoms with van der Waals surface area (Å²) in [5.41, 5.74) is 3.86. The Kier molecular flexibility index (Phi) is 7.17. The SMILES string of the molecule is COc1ccncc1-c1cc2c(cnn2-c2cc(N3C[C@H](CS(C)(=O)=O)[C@H]3C)cc(O[C@H](C)CO)n2)c(C)n1. The quantitative estimate of drug-likeness (QED) is 0.330. The summed E-state index contributed by atoms with van der Waals surface area (Å²) in [5.74, 6) is 1.70. The van der Waals surface area contributed by atoms with Gasteiger partial charge in [0.05, 0.1) is 42.4 Å². The zero-order valence-electron chi connectivity index (χ0n) is 22.6. The average molecular weight is 553 g/mol. The van der Waals surface area contributed by atoms with E-state index in [1.54, 1.807) is 43.4 Å². The van der Waals surface area contributed by atoms with Crippen LogP contribution in [-0.4, -0.2) is 82.7 Å². The van der Waals surface area contributed by atoms with Crippen LogP contribution in [0.2, 0.25) is 0 Å². The lowest BCUT2D eigenvalue weighted by Crippen LogP contribution is -2.57. The molecule has 5 heterocycles. The normalized spacial score (nSPS) is 18.2. The lowest BCUT2D eigenvalue weighted by Gasteiger charge is -2.48. The van der Waals surface area contributed by atoms with Gasteiger partial charge in [-0.2, -0.15) is 10.1 Å². The van der Waals surface area contributed by atoms with Gasteiger partial charge in [0.2, 0.25) is 5.88 Å². The number of rotatable bonds is 9. The molecule has 0 radical (unpaired) electrons. The molecule has 0 unspecified atom stereocenters. The summed E-state index contributed by atoms with van der Waals surface area (Å²) in [6.07, 6.45) is 5.94. The van der Waals surface area contributed by atoms with E-state index in [0.717, 1.165) is 27.8 Å². The Morgan fingerprint density at radius 2 is 2.00 bits per heavy atom. The van der Waals surface area contributed by atoms with E-state index in [9.17, 15) is 13.5 Å². The molecular formula is C27H32N6O5S. The summed E-state index contributed by atoms with van der Waals surface area (Å²) in [6.45, 7) is 6.13. The molecule has 1 aliphatic heterocycles. The largest absolute Gasteiger partial charge is 0.496 e. The van der Waals surface area contributed by atoms with Crippen molar-refractivity contribution in [1.82, 2.24) is 24.7 Å². The van der Waals surface area contributed by atoms with Crippen LogP contribution in [0.4, 0.5) is 5.69 Å². The number of aliphatic hydroxyl groups is 1. The van der Waals surface area contributed by atoms with Crippen molar-refractivity contribution in [1.29, 1.82) is 0 Å². The van der Waals surface area contributed by atoms with Crippen LogP contribution in [0.25, 0.3) is 28.0 Å². The second-order valence-corrected chi connectivity index (χ2v) is 12.2. The highest BCUT2D eigenvalue weighted by atomic mass is 32.2. The summed E-state index contributed by atoms with van der Waals surface area (Å²) in [7, 11) is -1.47. The van der Waals surface area contributed by atoms with Crippen LogP contribution >= 0.6 is 0 Å². The van der Waals surface area contributed by atoms with Crippen molar-refractivity contribution in [2.45, 2.75) is 32.9 Å². The van der Waals surface area contributed by atoms with E-state index in [4.69, 9.17) is 19.4 Å². The summed E-state index contributed by atoms with van der Waals surface area (Å²) < 4.78 is 36.9. The van der Waals surface area contributed by atoms with Gasteiger partial charge in [-0.1, -0.05) is 0 Å². The minimum atomic E-state index is -3.08. The van der Waals surface area contributed by atoms with E-state index in [0.29, 0.717) is 29.7 Å². The monoisotopic (exact) mass is 552 g/mol. The molecule has 1 fully saturated rings. The molecule has 0 saturated carbocycles. The maximum Gasteiger partial charge on any atom is 0.217 e. The first-order valence-corrected chi connectivity index (χ1v) is 14.7. The number of pyridine rings is 3. The van der Waals surface area contributed by atoms with Gasteiger partial charge in [0.1, 0.15) is 21.7 Å². The molecular weight excluding hydrogens is 520 g/mol. The number of hydrogen-bond donors (Lipinski definition) is 1. The van der Waals surface area contributed by atoms with Crippen molar-refractivity contribution in [2.75, 3.05) is 37.2 Å². The van der Waals surface area contributed by atoms with E-state index < -0.39 is 15.9 Å². The zero-order valence-corrected chi connectivity index (χ0v) is 23.4. The highest BCUT2D eigenvalue weighted by Gasteiger charge is 2.38. The lowest BCUT2D eigenvalue weighted by atomic mass is 9.91. The molecule has 0 aromatic carbocycles. The Morgan fingerprint density at radius 1 is 1.21 bits per heavy atom. The van der Waals surface area contributed by atoms with Gasteiger partial charge >= 0.3 is 0 Å². The van der Waals surface area contributed by atoms with Crippen molar-refractivity contribution < 1.29 is 23.0 Å². The topological polar surface area (TPSA) is 133 Å². The van der Waals surface area contributed by atoms with Crippen LogP contribution < -0.4 is 14.4 Å². The molecule has 11 nitrogen and oxygen atoms in total. The molecule has 3 atom stereocenters. The maximum atomic E-state index is 11.9. The van der Waals surface area contributed by atoms with Crippen molar-refractivity contribution in [3.63, 3.8) is 0 Å². The third-order valence-corrected chi connectivity index (χ3v) is 8.09. The van der Waals surface area contributed by atoms with E-state index in [1.165, 1.54) is 6.26 Å². The highest BCUT2D eigenvalue weighted by Crippen LogP contribution is 2.36. The second kappa shape index (κ2) is 10.4. The van der Waals surface area contributed by atoms with Crippen LogP contribution in [0.5, 0.6) is 11.6 Å². The number of aryl methyl sites for hydroxylation is 1. The van der Waals surface area contributed by atoms with Crippen LogP contribution in [0, 0.1) is 12.8 Å². The number of aliphatic hydroxyl groups excluding tert-OH is 1. The van der Waals surface area contributed by atoms with E-state index in [1.807, 2.05) is 32.0 Å². The number of ether oxygens (including phenoxy) is 2. The van der Waals surface area contributed by atoms with Crippen LogP contribution in [0.1, 0.15) is 19.5 Å². The Bertz CT molecular complexity index is 1620. The van der Waals surface area contributed by atoms with Crippen LogP contribution in [0.15, 0.2) is 42.9 Å². The van der Waals surface area contributed by atoms with E-state index in [2.05, 4.69) is 15.0 Å². The van der Waals surface area contributed by atoms with Crippen LogP contribution in [-0.2, 0) is 9.84 Å². The lowest BCUT2D eigenvalue weighted by molar-refractivity contribution is 0.125. The molecule has 1 N–H and O–H groups in total. The Balaban J connectivity index is 1.59. The fraction of sp³-hybridized carbons (Fsp3) is 0.407. The first kappa shape index (κ1) is 26.8. The third-order valence-electron chi connectivity index (χ3n) is 7.06. The molecule has 4 aromatic heterocycles. The standard InChI is InChI=1S/C27H32N6O5S/c1-16(14-34)38-27-9-20(32-13-19(18(32)3)15-39(5,35)36)8-26(31-27)33-24-10-23(30-17(2)21(24)12-29-33)22-11-28-7-6-25(22)37-4/h6-12,16,18-19,34H,13-15H2,1-5H3/t16-,18-,19-/m1/s1.